The minimum atomic E-state index is -0.00737. The number of amides is 2. The van der Waals surface area contributed by atoms with Crippen molar-refractivity contribution in [1.29, 1.82) is 0 Å². The second-order valence-corrected chi connectivity index (χ2v) is 5.21. The van der Waals surface area contributed by atoms with Crippen LogP contribution in [0.1, 0.15) is 32.3 Å². The lowest BCUT2D eigenvalue weighted by molar-refractivity contribution is -0.118. The molecule has 2 rings (SSSR count). The van der Waals surface area contributed by atoms with Crippen LogP contribution in [0.2, 0.25) is 0 Å². The molecule has 0 spiro atoms. The van der Waals surface area contributed by atoms with Crippen molar-refractivity contribution in [2.75, 3.05) is 17.3 Å². The van der Waals surface area contributed by atoms with Gasteiger partial charge in [0, 0.05) is 19.5 Å². The van der Waals surface area contributed by atoms with Crippen LogP contribution in [0.15, 0.2) is 12.1 Å². The van der Waals surface area contributed by atoms with E-state index in [0.29, 0.717) is 24.3 Å². The normalized spacial score (nSPS) is 14.8. The maximum atomic E-state index is 11.9. The van der Waals surface area contributed by atoms with Gasteiger partial charge < -0.3 is 15.0 Å². The lowest BCUT2D eigenvalue weighted by Gasteiger charge is -2.21. The van der Waals surface area contributed by atoms with Gasteiger partial charge in [-0.25, -0.2) is 0 Å². The summed E-state index contributed by atoms with van der Waals surface area (Å²) in [5.74, 6) is 0.697. The van der Waals surface area contributed by atoms with E-state index >= 15 is 0 Å². The van der Waals surface area contributed by atoms with Gasteiger partial charge in [-0.2, -0.15) is 0 Å². The Kier molecular flexibility index (Phi) is 4.27. The third-order valence-corrected chi connectivity index (χ3v) is 3.33. The predicted molar refractivity (Wildman–Crippen MR) is 78.2 cm³/mol. The van der Waals surface area contributed by atoms with Gasteiger partial charge in [0.2, 0.25) is 12.3 Å². The number of ether oxygens (including phenoxy) is 1. The Labute approximate surface area is 118 Å². The van der Waals surface area contributed by atoms with Gasteiger partial charge in [0.15, 0.2) is 0 Å². The lowest BCUT2D eigenvalue weighted by Crippen LogP contribution is -2.25. The monoisotopic (exact) mass is 276 g/mol. The molecule has 0 bridgehead atoms. The Morgan fingerprint density at radius 1 is 1.35 bits per heavy atom. The molecule has 0 atom stereocenters. The number of nitrogens with zero attached hydrogens (tertiary/aromatic N) is 1. The number of rotatable bonds is 4. The first-order chi connectivity index (χ1) is 9.52. The molecule has 1 aromatic rings. The molecular formula is C15H20N2O3. The van der Waals surface area contributed by atoms with Crippen LogP contribution in [-0.4, -0.2) is 25.5 Å². The predicted octanol–water partition coefficient (Wildman–Crippen LogP) is 2.34. The third kappa shape index (κ3) is 2.92. The van der Waals surface area contributed by atoms with Crippen LogP contribution in [0.4, 0.5) is 11.4 Å². The topological polar surface area (TPSA) is 58.6 Å². The molecule has 1 heterocycles. The summed E-state index contributed by atoms with van der Waals surface area (Å²) < 4.78 is 5.73. The zero-order valence-corrected chi connectivity index (χ0v) is 12.1. The van der Waals surface area contributed by atoms with E-state index in [-0.39, 0.29) is 12.0 Å². The third-order valence-electron chi connectivity index (χ3n) is 3.33. The summed E-state index contributed by atoms with van der Waals surface area (Å²) in [5.41, 5.74) is 2.56. The number of hydrogen-bond acceptors (Lipinski definition) is 3. The van der Waals surface area contributed by atoms with Crippen molar-refractivity contribution in [1.82, 2.24) is 0 Å². The van der Waals surface area contributed by atoms with E-state index in [4.69, 9.17) is 4.74 Å². The zero-order valence-electron chi connectivity index (χ0n) is 12.1. The molecule has 0 saturated carbocycles. The largest absolute Gasteiger partial charge is 0.489 e. The van der Waals surface area contributed by atoms with Crippen LogP contribution in [-0.2, 0) is 16.0 Å². The van der Waals surface area contributed by atoms with Crippen molar-refractivity contribution < 1.29 is 14.3 Å². The summed E-state index contributed by atoms with van der Waals surface area (Å²) in [5, 5.41) is 2.67. The van der Waals surface area contributed by atoms with E-state index in [2.05, 4.69) is 5.32 Å². The summed E-state index contributed by atoms with van der Waals surface area (Å²) in [6.07, 6.45) is 2.82. The fourth-order valence-electron chi connectivity index (χ4n) is 2.39. The van der Waals surface area contributed by atoms with Crippen molar-refractivity contribution in [3.8, 4) is 5.75 Å². The molecule has 0 radical (unpaired) electrons. The number of fused-ring (bicyclic) bond motifs is 1. The summed E-state index contributed by atoms with van der Waals surface area (Å²) >= 11 is 0. The SMILES string of the molecule is CC(C)Oc1cc2c(cc1NC=O)CCCC(=O)N2C. The molecule has 1 aliphatic heterocycles. The minimum Gasteiger partial charge on any atom is -0.489 e. The van der Waals surface area contributed by atoms with Crippen LogP contribution >= 0.6 is 0 Å². The van der Waals surface area contributed by atoms with Gasteiger partial charge in [-0.3, -0.25) is 9.59 Å². The Bertz CT molecular complexity index is 526. The molecule has 0 aliphatic carbocycles. The Morgan fingerprint density at radius 2 is 2.10 bits per heavy atom. The molecule has 1 aromatic carbocycles. The summed E-state index contributed by atoms with van der Waals surface area (Å²) in [6.45, 7) is 3.84. The zero-order chi connectivity index (χ0) is 14.7. The highest BCUT2D eigenvalue weighted by Gasteiger charge is 2.21. The summed E-state index contributed by atoms with van der Waals surface area (Å²) in [4.78, 5) is 24.3. The lowest BCUT2D eigenvalue weighted by atomic mass is 10.1. The Hall–Kier alpha value is -2.04. The van der Waals surface area contributed by atoms with Gasteiger partial charge in [-0.1, -0.05) is 0 Å². The molecule has 1 aliphatic rings. The number of nitrogens with one attached hydrogen (secondary N) is 1. The quantitative estimate of drug-likeness (QED) is 0.859. The second-order valence-electron chi connectivity index (χ2n) is 5.21. The molecule has 0 aromatic heterocycles. The molecule has 0 fully saturated rings. The fourth-order valence-corrected chi connectivity index (χ4v) is 2.39. The van der Waals surface area contributed by atoms with Crippen molar-refractivity contribution in [2.45, 2.75) is 39.2 Å². The van der Waals surface area contributed by atoms with Crippen LogP contribution in [0.25, 0.3) is 0 Å². The number of hydrogen-bond donors (Lipinski definition) is 1. The van der Waals surface area contributed by atoms with E-state index < -0.39 is 0 Å². The molecule has 0 saturated heterocycles. The molecule has 1 N–H and O–H groups in total. The molecule has 108 valence electrons. The number of carbonyl (C=O) groups excluding carboxylic acids is 2. The number of anilines is 2. The highest BCUT2D eigenvalue weighted by Crippen LogP contribution is 2.36. The van der Waals surface area contributed by atoms with Gasteiger partial charge in [0.05, 0.1) is 17.5 Å². The molecule has 5 heteroatoms. The summed E-state index contributed by atoms with van der Waals surface area (Å²) in [6, 6.07) is 3.74. The van der Waals surface area contributed by atoms with Crippen LogP contribution in [0.3, 0.4) is 0 Å². The number of aryl methyl sites for hydroxylation is 1. The Morgan fingerprint density at radius 3 is 2.75 bits per heavy atom. The summed E-state index contributed by atoms with van der Waals surface area (Å²) in [7, 11) is 1.78. The average molecular weight is 276 g/mol. The fraction of sp³-hybridized carbons (Fsp3) is 0.467. The minimum absolute atomic E-state index is 0.00737. The maximum absolute atomic E-state index is 11.9. The standard InChI is InChI=1S/C15H20N2O3/c1-10(2)20-14-8-13-11(7-12(14)16-9-18)5-4-6-15(19)17(13)3/h7-10H,4-6H2,1-3H3,(H,16,18). The first-order valence-electron chi connectivity index (χ1n) is 6.83. The van der Waals surface area contributed by atoms with Gasteiger partial charge in [-0.15, -0.1) is 0 Å². The highest BCUT2D eigenvalue weighted by atomic mass is 16.5. The van der Waals surface area contributed by atoms with E-state index in [1.165, 1.54) is 0 Å². The highest BCUT2D eigenvalue weighted by molar-refractivity contribution is 5.95. The molecule has 5 nitrogen and oxygen atoms in total. The van der Waals surface area contributed by atoms with Crippen molar-refractivity contribution in [2.24, 2.45) is 0 Å². The van der Waals surface area contributed by atoms with Gasteiger partial charge >= 0.3 is 0 Å². The first-order valence-corrected chi connectivity index (χ1v) is 6.83. The van der Waals surface area contributed by atoms with Gasteiger partial charge in [0.1, 0.15) is 5.75 Å². The average Bonchev–Trinajstić information content (AvgIpc) is 2.51. The number of carbonyl (C=O) groups is 2. The molecule has 0 unspecified atom stereocenters. The molecule has 2 amide bonds. The Balaban J connectivity index is 2.49. The van der Waals surface area contributed by atoms with Crippen LogP contribution in [0.5, 0.6) is 5.75 Å². The van der Waals surface area contributed by atoms with Crippen molar-refractivity contribution in [3.63, 3.8) is 0 Å². The van der Waals surface area contributed by atoms with E-state index in [0.717, 1.165) is 24.1 Å². The van der Waals surface area contributed by atoms with Crippen LogP contribution in [0, 0.1) is 0 Å². The smallest absolute Gasteiger partial charge is 0.226 e. The van der Waals surface area contributed by atoms with E-state index in [1.54, 1.807) is 11.9 Å². The molecular weight excluding hydrogens is 256 g/mol. The first kappa shape index (κ1) is 14.4. The van der Waals surface area contributed by atoms with Crippen molar-refractivity contribution in [3.05, 3.63) is 17.7 Å². The second kappa shape index (κ2) is 5.94. The van der Waals surface area contributed by atoms with Crippen LogP contribution < -0.4 is 15.0 Å². The van der Waals surface area contributed by atoms with E-state index in [1.807, 2.05) is 26.0 Å². The maximum Gasteiger partial charge on any atom is 0.226 e. The van der Waals surface area contributed by atoms with Gasteiger partial charge in [0.25, 0.3) is 0 Å². The van der Waals surface area contributed by atoms with E-state index in [9.17, 15) is 9.59 Å². The van der Waals surface area contributed by atoms with Gasteiger partial charge in [-0.05, 0) is 38.3 Å². The number of benzene rings is 1. The van der Waals surface area contributed by atoms with Crippen molar-refractivity contribution >= 4 is 23.7 Å². The molecule has 20 heavy (non-hydrogen) atoms.